The Hall–Kier alpha value is -3.53. The maximum absolute atomic E-state index is 14.9. The van der Waals surface area contributed by atoms with E-state index in [0.717, 1.165) is 65.9 Å². The average molecular weight is 494 g/mol. The Morgan fingerprint density at radius 2 is 1.86 bits per heavy atom. The molecule has 2 aromatic heterocycles. The van der Waals surface area contributed by atoms with Crippen LogP contribution in [0.4, 0.5) is 4.39 Å². The van der Waals surface area contributed by atoms with Gasteiger partial charge in [-0.15, -0.1) is 0 Å². The highest BCUT2D eigenvalue weighted by Crippen LogP contribution is 2.41. The van der Waals surface area contributed by atoms with Gasteiger partial charge in [-0.2, -0.15) is 5.26 Å². The molecule has 0 spiro atoms. The van der Waals surface area contributed by atoms with Crippen LogP contribution >= 0.6 is 0 Å². The number of hydrogen-bond acceptors (Lipinski definition) is 4. The first-order valence-corrected chi connectivity index (χ1v) is 13.2. The zero-order valence-electron chi connectivity index (χ0n) is 21.5. The van der Waals surface area contributed by atoms with Crippen LogP contribution in [-0.2, 0) is 13.1 Å². The maximum atomic E-state index is 14.9. The van der Waals surface area contributed by atoms with Gasteiger partial charge in [-0.1, -0.05) is 18.2 Å². The largest absolute Gasteiger partial charge is 0.342 e. The molecule has 0 bridgehead atoms. The van der Waals surface area contributed by atoms with Gasteiger partial charge in [-0.25, -0.2) is 4.39 Å². The van der Waals surface area contributed by atoms with Crippen molar-refractivity contribution in [3.63, 3.8) is 0 Å². The Kier molecular flexibility index (Phi) is 6.06. The van der Waals surface area contributed by atoms with Gasteiger partial charge in [0.15, 0.2) is 0 Å². The molecule has 2 N–H and O–H groups in total. The van der Waals surface area contributed by atoms with Crippen LogP contribution < -0.4 is 5.73 Å². The third-order valence-corrected chi connectivity index (χ3v) is 8.04. The summed E-state index contributed by atoms with van der Waals surface area (Å²) >= 11 is 0. The van der Waals surface area contributed by atoms with E-state index in [2.05, 4.69) is 47.6 Å². The molecule has 6 rings (SSSR count). The fourth-order valence-corrected chi connectivity index (χ4v) is 5.58. The number of nitriles is 1. The van der Waals surface area contributed by atoms with Gasteiger partial charge in [0, 0.05) is 54.4 Å². The molecule has 0 unspecified atom stereocenters. The van der Waals surface area contributed by atoms with Gasteiger partial charge in [-0.05, 0) is 80.0 Å². The summed E-state index contributed by atoms with van der Waals surface area (Å²) in [6.07, 6.45) is 5.53. The van der Waals surface area contributed by atoms with Crippen molar-refractivity contribution < 1.29 is 4.39 Å². The number of fused-ring (bicyclic) bond motifs is 1. The molecule has 2 fully saturated rings. The Labute approximate surface area is 217 Å². The van der Waals surface area contributed by atoms with Crippen molar-refractivity contribution in [2.24, 2.45) is 11.7 Å². The van der Waals surface area contributed by atoms with E-state index >= 15 is 0 Å². The third kappa shape index (κ3) is 4.54. The Morgan fingerprint density at radius 3 is 2.54 bits per heavy atom. The molecule has 37 heavy (non-hydrogen) atoms. The van der Waals surface area contributed by atoms with Crippen LogP contribution in [0.2, 0.25) is 0 Å². The van der Waals surface area contributed by atoms with Crippen LogP contribution in [-0.4, -0.2) is 33.6 Å². The number of nitrogens with zero attached hydrogens (tertiary/aromatic N) is 4. The normalized spacial score (nSPS) is 18.0. The number of pyridine rings is 1. The zero-order chi connectivity index (χ0) is 25.7. The summed E-state index contributed by atoms with van der Waals surface area (Å²) in [5.74, 6) is 0.192. The Bertz CT molecular complexity index is 1540. The van der Waals surface area contributed by atoms with Gasteiger partial charge in [0.05, 0.1) is 23.0 Å². The van der Waals surface area contributed by atoms with Crippen molar-refractivity contribution in [2.75, 3.05) is 13.1 Å². The maximum Gasteiger partial charge on any atom is 0.141 e. The van der Waals surface area contributed by atoms with E-state index < -0.39 is 5.82 Å². The van der Waals surface area contributed by atoms with Crippen LogP contribution in [0.1, 0.15) is 41.6 Å². The van der Waals surface area contributed by atoms with E-state index in [1.165, 1.54) is 35.7 Å². The first-order chi connectivity index (χ1) is 17.9. The summed E-state index contributed by atoms with van der Waals surface area (Å²) in [6.45, 7) is 7.93. The number of aromatic nitrogens is 2. The van der Waals surface area contributed by atoms with E-state index in [1.807, 2.05) is 18.3 Å². The van der Waals surface area contributed by atoms with E-state index in [0.29, 0.717) is 5.92 Å². The van der Waals surface area contributed by atoms with Gasteiger partial charge in [0.1, 0.15) is 11.9 Å². The van der Waals surface area contributed by atoms with Crippen LogP contribution in [0.15, 0.2) is 48.7 Å². The molecular weight excluding hydrogens is 461 g/mol. The van der Waals surface area contributed by atoms with E-state index in [1.54, 1.807) is 6.07 Å². The van der Waals surface area contributed by atoms with E-state index in [4.69, 9.17) is 10.7 Å². The number of halogens is 1. The molecule has 1 atom stereocenters. The predicted octanol–water partition coefficient (Wildman–Crippen LogP) is 5.94. The number of aryl methyl sites for hydroxylation is 2. The SMILES string of the molecule is Cc1ccc(-c2ncc3c(cc(CN4CC[C@H](N)C4)n3CC3CC3)c2-c2ccc(C#N)c(F)c2)cc1C. The standard InChI is InChI=1S/C31H32FN5/c1-19-3-6-23(11-20(19)2)31-30(22-7-8-24(14-33)28(32)12-22)27-13-26(18-36-10-9-25(34)17-36)37(16-21-4-5-21)29(27)15-35-31/h3,6-8,11-13,15,21,25H,4-5,9-10,16-18,34H2,1-2H3/t25-/m0/s1. The molecule has 0 radical (unpaired) electrons. The van der Waals surface area contributed by atoms with Crippen molar-refractivity contribution in [1.29, 1.82) is 5.26 Å². The minimum atomic E-state index is -0.508. The van der Waals surface area contributed by atoms with Gasteiger partial charge in [0.25, 0.3) is 0 Å². The number of hydrogen-bond donors (Lipinski definition) is 1. The number of rotatable bonds is 6. The molecule has 2 aliphatic rings. The van der Waals surface area contributed by atoms with Crippen molar-refractivity contribution in [3.05, 3.63) is 76.9 Å². The lowest BCUT2D eigenvalue weighted by Crippen LogP contribution is -2.27. The summed E-state index contributed by atoms with van der Waals surface area (Å²) in [7, 11) is 0. The smallest absolute Gasteiger partial charge is 0.141 e. The molecule has 6 heteroatoms. The van der Waals surface area contributed by atoms with Crippen LogP contribution in [0.5, 0.6) is 0 Å². The summed E-state index contributed by atoms with van der Waals surface area (Å²) in [5, 5.41) is 10.4. The lowest BCUT2D eigenvalue weighted by Gasteiger charge is -2.17. The summed E-state index contributed by atoms with van der Waals surface area (Å²) in [5.41, 5.74) is 14.5. The Morgan fingerprint density at radius 1 is 1.05 bits per heavy atom. The quantitative estimate of drug-likeness (QED) is 0.361. The molecule has 1 saturated heterocycles. The molecule has 188 valence electrons. The average Bonchev–Trinajstić information content (AvgIpc) is 3.52. The number of likely N-dealkylation sites (tertiary alicyclic amines) is 1. The minimum absolute atomic E-state index is 0.0500. The van der Waals surface area contributed by atoms with Gasteiger partial charge < -0.3 is 10.3 Å². The summed E-state index contributed by atoms with van der Waals surface area (Å²) in [4.78, 5) is 7.43. The predicted molar refractivity (Wildman–Crippen MR) is 145 cm³/mol. The topological polar surface area (TPSA) is 70.9 Å². The van der Waals surface area contributed by atoms with E-state index in [9.17, 15) is 9.65 Å². The monoisotopic (exact) mass is 493 g/mol. The Balaban J connectivity index is 1.58. The fraction of sp³-hybridized carbons (Fsp3) is 0.355. The lowest BCUT2D eigenvalue weighted by molar-refractivity contribution is 0.317. The lowest BCUT2D eigenvalue weighted by atomic mass is 9.94. The molecule has 1 aliphatic heterocycles. The highest BCUT2D eigenvalue weighted by atomic mass is 19.1. The second-order valence-corrected chi connectivity index (χ2v) is 10.9. The van der Waals surface area contributed by atoms with Crippen molar-refractivity contribution in [2.45, 2.75) is 52.2 Å². The second-order valence-electron chi connectivity index (χ2n) is 10.9. The molecule has 0 amide bonds. The van der Waals surface area contributed by atoms with Crippen LogP contribution in [0.3, 0.4) is 0 Å². The number of nitrogens with two attached hydrogens (primary N) is 1. The minimum Gasteiger partial charge on any atom is -0.342 e. The fourth-order valence-electron chi connectivity index (χ4n) is 5.58. The molecule has 1 aliphatic carbocycles. The van der Waals surface area contributed by atoms with Gasteiger partial charge in [-0.3, -0.25) is 9.88 Å². The molecule has 2 aromatic carbocycles. The van der Waals surface area contributed by atoms with Crippen molar-refractivity contribution in [3.8, 4) is 28.5 Å². The van der Waals surface area contributed by atoms with E-state index in [-0.39, 0.29) is 11.6 Å². The van der Waals surface area contributed by atoms with Gasteiger partial charge in [0.2, 0.25) is 0 Å². The highest BCUT2D eigenvalue weighted by molar-refractivity contribution is 6.02. The van der Waals surface area contributed by atoms with Crippen molar-refractivity contribution >= 4 is 10.9 Å². The molecule has 1 saturated carbocycles. The summed E-state index contributed by atoms with van der Waals surface area (Å²) in [6, 6.07) is 15.7. The summed E-state index contributed by atoms with van der Waals surface area (Å²) < 4.78 is 17.3. The first-order valence-electron chi connectivity index (χ1n) is 13.2. The van der Waals surface area contributed by atoms with Crippen LogP contribution in [0.25, 0.3) is 33.3 Å². The van der Waals surface area contributed by atoms with Gasteiger partial charge >= 0.3 is 0 Å². The third-order valence-electron chi connectivity index (χ3n) is 8.04. The second kappa shape index (κ2) is 9.41. The zero-order valence-corrected chi connectivity index (χ0v) is 21.5. The highest BCUT2D eigenvalue weighted by Gasteiger charge is 2.27. The first kappa shape index (κ1) is 23.8. The molecular formula is C31H32FN5. The molecule has 5 nitrogen and oxygen atoms in total. The molecule has 3 heterocycles. The van der Waals surface area contributed by atoms with Crippen molar-refractivity contribution in [1.82, 2.24) is 14.5 Å². The molecule has 4 aromatic rings. The van der Waals surface area contributed by atoms with Crippen LogP contribution in [0, 0.1) is 36.9 Å². The number of benzene rings is 2.